The number of nitrogens with zero attached hydrogens (tertiary/aromatic N) is 2. The van der Waals surface area contributed by atoms with Crippen LogP contribution in [0.2, 0.25) is 0 Å². The van der Waals surface area contributed by atoms with E-state index in [1.54, 1.807) is 13.0 Å². The number of rotatable bonds is 7. The van der Waals surface area contributed by atoms with Gasteiger partial charge in [0.1, 0.15) is 4.66 Å². The fourth-order valence-electron chi connectivity index (χ4n) is 6.82. The first-order chi connectivity index (χ1) is 20.7. The lowest BCUT2D eigenvalue weighted by atomic mass is 9.96. The molecule has 8 heteroatoms. The van der Waals surface area contributed by atoms with E-state index in [2.05, 4.69) is 73.4 Å². The van der Waals surface area contributed by atoms with Crippen molar-refractivity contribution in [2.24, 2.45) is 0 Å². The lowest BCUT2D eigenvalue weighted by Crippen LogP contribution is -2.32. The van der Waals surface area contributed by atoms with Gasteiger partial charge in [-0.25, -0.2) is 4.79 Å². The summed E-state index contributed by atoms with van der Waals surface area (Å²) >= 11 is 1.04. The highest BCUT2D eigenvalue weighted by Crippen LogP contribution is 2.53. The zero-order valence-electron chi connectivity index (χ0n) is 24.5. The molecule has 0 radical (unpaired) electrons. The quantitative estimate of drug-likeness (QED) is 0.279. The van der Waals surface area contributed by atoms with Gasteiger partial charge in [0, 0.05) is 35.3 Å². The summed E-state index contributed by atoms with van der Waals surface area (Å²) < 4.78 is 1.93. The number of hydrogen-bond donors (Lipinski definition) is 2. The van der Waals surface area contributed by atoms with Crippen molar-refractivity contribution in [3.8, 4) is 0 Å². The van der Waals surface area contributed by atoms with Gasteiger partial charge in [-0.1, -0.05) is 54.5 Å². The van der Waals surface area contributed by atoms with E-state index in [0.29, 0.717) is 16.5 Å². The van der Waals surface area contributed by atoms with Gasteiger partial charge in [-0.3, -0.25) is 14.2 Å². The Balaban J connectivity index is 1.49. The van der Waals surface area contributed by atoms with E-state index in [0.717, 1.165) is 36.2 Å². The molecule has 0 saturated heterocycles. The van der Waals surface area contributed by atoms with Gasteiger partial charge in [0.15, 0.2) is 0 Å². The number of aromatic nitrogens is 1. The number of carbonyl (C=O) groups is 2. The molecule has 3 aromatic carbocycles. The summed E-state index contributed by atoms with van der Waals surface area (Å²) in [4.78, 5) is 39.0. The van der Waals surface area contributed by atoms with E-state index in [-0.39, 0.29) is 22.3 Å². The van der Waals surface area contributed by atoms with Crippen LogP contribution < -0.4 is 19.7 Å². The minimum atomic E-state index is -1.33. The Bertz CT molecular complexity index is 2000. The average Bonchev–Trinajstić information content (AvgIpc) is 3.64. The van der Waals surface area contributed by atoms with Crippen LogP contribution in [-0.4, -0.2) is 32.8 Å². The minimum absolute atomic E-state index is 0.181. The van der Waals surface area contributed by atoms with Gasteiger partial charge >= 0.3 is 11.9 Å². The SMILES string of the molecule is CCn1c(=O)/c(=C/c2ccc3c(c2)C2CCCC2N3c2cccc3c(C=C(C)C)cccc23)s/c1=C(\CC(=O)O)C(=O)O. The number of hydrogen-bond acceptors (Lipinski definition) is 5. The van der Waals surface area contributed by atoms with E-state index in [9.17, 15) is 24.6 Å². The maximum atomic E-state index is 13.3. The number of allylic oxidation sites excluding steroid dienone is 1. The monoisotopic (exact) mass is 594 g/mol. The molecule has 0 bridgehead atoms. The Kier molecular flexibility index (Phi) is 7.56. The highest BCUT2D eigenvalue weighted by Gasteiger charge is 2.42. The van der Waals surface area contributed by atoms with Gasteiger partial charge in [0.2, 0.25) is 0 Å². The van der Waals surface area contributed by atoms with Gasteiger partial charge < -0.3 is 15.1 Å². The van der Waals surface area contributed by atoms with Crippen LogP contribution in [0.5, 0.6) is 0 Å². The van der Waals surface area contributed by atoms with Crippen LogP contribution in [0.1, 0.15) is 69.1 Å². The summed E-state index contributed by atoms with van der Waals surface area (Å²) in [7, 11) is 0. The topological polar surface area (TPSA) is 99.8 Å². The zero-order chi connectivity index (χ0) is 30.4. The molecule has 1 saturated carbocycles. The largest absolute Gasteiger partial charge is 0.481 e. The molecule has 220 valence electrons. The Morgan fingerprint density at radius 1 is 1.00 bits per heavy atom. The highest BCUT2D eigenvalue weighted by molar-refractivity contribution is 7.07. The van der Waals surface area contributed by atoms with Crippen molar-refractivity contribution in [2.45, 2.75) is 65.0 Å². The summed E-state index contributed by atoms with van der Waals surface area (Å²) in [6.45, 7) is 6.23. The van der Waals surface area contributed by atoms with E-state index < -0.39 is 18.4 Å². The molecule has 1 aromatic heterocycles. The van der Waals surface area contributed by atoms with Crippen molar-refractivity contribution in [3.05, 3.63) is 96.4 Å². The lowest BCUT2D eigenvalue weighted by Gasteiger charge is -2.28. The van der Waals surface area contributed by atoms with Crippen molar-refractivity contribution in [1.29, 1.82) is 0 Å². The summed E-state index contributed by atoms with van der Waals surface area (Å²) in [5, 5.41) is 21.4. The second-order valence-electron chi connectivity index (χ2n) is 11.6. The van der Waals surface area contributed by atoms with Crippen LogP contribution in [0.15, 0.2) is 65.0 Å². The number of aliphatic carboxylic acids is 2. The van der Waals surface area contributed by atoms with Crippen LogP contribution in [0.4, 0.5) is 11.4 Å². The number of anilines is 2. The maximum Gasteiger partial charge on any atom is 0.335 e. The lowest BCUT2D eigenvalue weighted by molar-refractivity contribution is -0.138. The van der Waals surface area contributed by atoms with Crippen molar-refractivity contribution in [2.75, 3.05) is 4.90 Å². The number of fused-ring (bicyclic) bond motifs is 4. The predicted octanol–water partition coefficient (Wildman–Crippen LogP) is 5.83. The van der Waals surface area contributed by atoms with E-state index in [1.807, 2.05) is 6.07 Å². The molecule has 2 aliphatic rings. The van der Waals surface area contributed by atoms with E-state index in [4.69, 9.17) is 0 Å². The third kappa shape index (κ3) is 5.10. The molecule has 4 aromatic rings. The fourth-order valence-corrected chi connectivity index (χ4v) is 8.03. The molecule has 1 fully saturated rings. The van der Waals surface area contributed by atoms with Crippen molar-refractivity contribution < 1.29 is 19.8 Å². The number of thiazole rings is 1. The second-order valence-corrected chi connectivity index (χ2v) is 12.6. The minimum Gasteiger partial charge on any atom is -0.481 e. The summed E-state index contributed by atoms with van der Waals surface area (Å²) in [6.07, 6.45) is 6.74. The predicted molar refractivity (Wildman–Crippen MR) is 173 cm³/mol. The van der Waals surface area contributed by atoms with Crippen molar-refractivity contribution >= 4 is 63.1 Å². The summed E-state index contributed by atoms with van der Waals surface area (Å²) in [5.74, 6) is -2.20. The van der Waals surface area contributed by atoms with Gasteiger partial charge in [-0.15, -0.1) is 11.3 Å². The summed E-state index contributed by atoms with van der Waals surface area (Å²) in [6, 6.07) is 19.7. The van der Waals surface area contributed by atoms with Crippen LogP contribution in [0.25, 0.3) is 28.5 Å². The molecular formula is C35H34N2O5S. The number of carboxylic acid groups (broad SMARTS) is 2. The van der Waals surface area contributed by atoms with Crippen LogP contribution in [0, 0.1) is 0 Å². The maximum absolute atomic E-state index is 13.3. The fraction of sp³-hybridized carbons (Fsp3) is 0.286. The molecule has 0 spiro atoms. The standard InChI is InChI=1S/C35H34N2O5S/c1-4-36-33(40)31(43-34(36)27(35(41)42)19-32(38)39)18-21-14-15-30-26(17-21)25-11-7-13-29(25)37(30)28-12-6-9-23-22(16-20(2)3)8-5-10-24(23)28/h5-6,8-10,12,14-18,25,29H,4,7,11,13,19H2,1-3H3,(H,38,39)(H,41,42)/b31-18-,34-27+. The average molecular weight is 595 g/mol. The zero-order valence-corrected chi connectivity index (χ0v) is 25.3. The number of benzene rings is 3. The molecule has 1 aliphatic carbocycles. The molecule has 0 amide bonds. The molecule has 2 unspecified atom stereocenters. The van der Waals surface area contributed by atoms with Gasteiger partial charge in [0.25, 0.3) is 5.56 Å². The molecule has 1 aliphatic heterocycles. The highest BCUT2D eigenvalue weighted by atomic mass is 32.1. The van der Waals surface area contributed by atoms with Gasteiger partial charge in [0.05, 0.1) is 16.5 Å². The Morgan fingerprint density at radius 2 is 1.77 bits per heavy atom. The molecule has 2 N–H and O–H groups in total. The molecule has 2 heterocycles. The van der Waals surface area contributed by atoms with Gasteiger partial charge in [-0.05, 0) is 80.0 Å². The Labute approximate surface area is 253 Å². The molecule has 2 atom stereocenters. The van der Waals surface area contributed by atoms with Gasteiger partial charge in [-0.2, -0.15) is 0 Å². The molecule has 43 heavy (non-hydrogen) atoms. The normalized spacial score (nSPS) is 18.5. The van der Waals surface area contributed by atoms with E-state index >= 15 is 0 Å². The van der Waals surface area contributed by atoms with Crippen LogP contribution in [-0.2, 0) is 16.1 Å². The van der Waals surface area contributed by atoms with E-state index in [1.165, 1.54) is 43.4 Å². The van der Waals surface area contributed by atoms with Crippen molar-refractivity contribution in [1.82, 2.24) is 4.57 Å². The Hall–Kier alpha value is -4.43. The third-order valence-electron chi connectivity index (χ3n) is 8.52. The third-order valence-corrected chi connectivity index (χ3v) is 9.70. The first-order valence-corrected chi connectivity index (χ1v) is 15.5. The summed E-state index contributed by atoms with van der Waals surface area (Å²) in [5.41, 5.74) is 6.42. The second kappa shape index (κ2) is 11.3. The first-order valence-electron chi connectivity index (χ1n) is 14.7. The van der Waals surface area contributed by atoms with Crippen LogP contribution >= 0.6 is 11.3 Å². The number of carboxylic acids is 2. The smallest absolute Gasteiger partial charge is 0.335 e. The van der Waals surface area contributed by atoms with Crippen LogP contribution in [0.3, 0.4) is 0 Å². The Morgan fingerprint density at radius 3 is 2.49 bits per heavy atom. The first kappa shape index (κ1) is 28.7. The molecular weight excluding hydrogens is 560 g/mol. The van der Waals surface area contributed by atoms with Crippen molar-refractivity contribution in [3.63, 3.8) is 0 Å². The molecule has 6 rings (SSSR count). The molecule has 7 nitrogen and oxygen atoms in total.